The fourth-order valence-corrected chi connectivity index (χ4v) is 2.31. The van der Waals surface area contributed by atoms with Crippen molar-refractivity contribution >= 4 is 17.4 Å². The Bertz CT molecular complexity index is 620. The molecule has 1 heterocycles. The van der Waals surface area contributed by atoms with Crippen molar-refractivity contribution in [3.63, 3.8) is 0 Å². The highest BCUT2D eigenvalue weighted by Gasteiger charge is 2.12. The number of hydrogen-bond acceptors (Lipinski definition) is 4. The maximum atomic E-state index is 6.19. The topological polar surface area (TPSA) is 47.0 Å². The first-order chi connectivity index (χ1) is 10.1. The SMILES string of the molecule is CCNc1ncnc(Oc2cc(C)c(Cl)c(C)c2)c1CC. The number of nitrogens with zero attached hydrogens (tertiary/aromatic N) is 2. The van der Waals surface area contributed by atoms with Gasteiger partial charge in [0.05, 0.1) is 5.56 Å². The first-order valence-corrected chi connectivity index (χ1v) is 7.46. The van der Waals surface area contributed by atoms with Crippen LogP contribution in [0.1, 0.15) is 30.5 Å². The van der Waals surface area contributed by atoms with E-state index < -0.39 is 0 Å². The van der Waals surface area contributed by atoms with Gasteiger partial charge in [-0.1, -0.05) is 18.5 Å². The van der Waals surface area contributed by atoms with Gasteiger partial charge in [-0.2, -0.15) is 0 Å². The number of anilines is 1. The van der Waals surface area contributed by atoms with Gasteiger partial charge in [0.25, 0.3) is 0 Å². The highest BCUT2D eigenvalue weighted by atomic mass is 35.5. The Kier molecular flexibility index (Phi) is 5.02. The highest BCUT2D eigenvalue weighted by molar-refractivity contribution is 6.32. The largest absolute Gasteiger partial charge is 0.439 e. The van der Waals surface area contributed by atoms with Crippen molar-refractivity contribution in [2.75, 3.05) is 11.9 Å². The van der Waals surface area contributed by atoms with Crippen molar-refractivity contribution in [3.8, 4) is 11.6 Å². The minimum Gasteiger partial charge on any atom is -0.439 e. The highest BCUT2D eigenvalue weighted by Crippen LogP contribution is 2.31. The van der Waals surface area contributed by atoms with E-state index in [2.05, 4.69) is 22.2 Å². The smallest absolute Gasteiger partial charge is 0.227 e. The third-order valence-electron chi connectivity index (χ3n) is 3.23. The van der Waals surface area contributed by atoms with E-state index in [1.807, 2.05) is 32.9 Å². The van der Waals surface area contributed by atoms with Crippen LogP contribution in [0.4, 0.5) is 5.82 Å². The molecule has 5 heteroatoms. The predicted octanol–water partition coefficient (Wildman–Crippen LogP) is 4.53. The number of halogens is 1. The summed E-state index contributed by atoms with van der Waals surface area (Å²) in [4.78, 5) is 8.53. The van der Waals surface area contributed by atoms with Crippen LogP contribution in [0.3, 0.4) is 0 Å². The number of hydrogen-bond donors (Lipinski definition) is 1. The molecule has 1 aromatic carbocycles. The van der Waals surface area contributed by atoms with Crippen molar-refractivity contribution in [2.24, 2.45) is 0 Å². The molecule has 2 aromatic rings. The summed E-state index contributed by atoms with van der Waals surface area (Å²) >= 11 is 6.19. The molecule has 4 nitrogen and oxygen atoms in total. The Balaban J connectivity index is 2.37. The van der Waals surface area contributed by atoms with Gasteiger partial charge >= 0.3 is 0 Å². The van der Waals surface area contributed by atoms with Crippen LogP contribution in [0.25, 0.3) is 0 Å². The summed E-state index contributed by atoms with van der Waals surface area (Å²) in [6, 6.07) is 3.84. The van der Waals surface area contributed by atoms with Gasteiger partial charge in [0.2, 0.25) is 5.88 Å². The summed E-state index contributed by atoms with van der Waals surface area (Å²) in [5, 5.41) is 4.01. The van der Waals surface area contributed by atoms with E-state index in [0.717, 1.165) is 46.2 Å². The van der Waals surface area contributed by atoms with Gasteiger partial charge in [0, 0.05) is 11.6 Å². The van der Waals surface area contributed by atoms with Gasteiger partial charge in [-0.05, 0) is 50.5 Å². The number of benzene rings is 1. The van der Waals surface area contributed by atoms with Crippen LogP contribution < -0.4 is 10.1 Å². The Labute approximate surface area is 130 Å². The zero-order valence-corrected chi connectivity index (χ0v) is 13.6. The number of ether oxygens (including phenoxy) is 1. The van der Waals surface area contributed by atoms with E-state index in [1.54, 1.807) is 0 Å². The Morgan fingerprint density at radius 2 is 1.81 bits per heavy atom. The van der Waals surface area contributed by atoms with E-state index >= 15 is 0 Å². The van der Waals surface area contributed by atoms with Gasteiger partial charge in [-0.3, -0.25) is 0 Å². The lowest BCUT2D eigenvalue weighted by molar-refractivity contribution is 0.455. The lowest BCUT2D eigenvalue weighted by atomic mass is 10.1. The average Bonchev–Trinajstić information content (AvgIpc) is 2.45. The second kappa shape index (κ2) is 6.76. The lowest BCUT2D eigenvalue weighted by Crippen LogP contribution is -2.05. The summed E-state index contributed by atoms with van der Waals surface area (Å²) in [5.74, 6) is 2.15. The second-order valence-electron chi connectivity index (χ2n) is 4.86. The Hall–Kier alpha value is -1.81. The molecule has 0 spiro atoms. The second-order valence-corrected chi connectivity index (χ2v) is 5.24. The van der Waals surface area contributed by atoms with Crippen LogP contribution >= 0.6 is 11.6 Å². The first kappa shape index (κ1) is 15.6. The summed E-state index contributed by atoms with van der Waals surface area (Å²) in [6.07, 6.45) is 2.31. The van der Waals surface area contributed by atoms with E-state index in [1.165, 1.54) is 6.33 Å². The predicted molar refractivity (Wildman–Crippen MR) is 86.6 cm³/mol. The van der Waals surface area contributed by atoms with Crippen molar-refractivity contribution in [1.29, 1.82) is 0 Å². The lowest BCUT2D eigenvalue weighted by Gasteiger charge is -2.14. The number of aryl methyl sites for hydroxylation is 2. The fraction of sp³-hybridized carbons (Fsp3) is 0.375. The molecular formula is C16H20ClN3O. The number of rotatable bonds is 5. The molecule has 2 rings (SSSR count). The van der Waals surface area contributed by atoms with Crippen LogP contribution in [0, 0.1) is 13.8 Å². The minimum absolute atomic E-state index is 0.588. The van der Waals surface area contributed by atoms with Crippen molar-refractivity contribution in [2.45, 2.75) is 34.1 Å². The molecule has 21 heavy (non-hydrogen) atoms. The van der Waals surface area contributed by atoms with Crippen LogP contribution in [0.5, 0.6) is 11.6 Å². The molecule has 112 valence electrons. The maximum Gasteiger partial charge on any atom is 0.227 e. The van der Waals surface area contributed by atoms with E-state index in [4.69, 9.17) is 16.3 Å². The average molecular weight is 306 g/mol. The molecule has 0 fully saturated rings. The van der Waals surface area contributed by atoms with Crippen LogP contribution in [0.2, 0.25) is 5.02 Å². The monoisotopic (exact) mass is 305 g/mol. The summed E-state index contributed by atoms with van der Waals surface area (Å²) in [6.45, 7) is 8.83. The third-order valence-corrected chi connectivity index (χ3v) is 3.82. The standard InChI is InChI=1S/C16H20ClN3O/c1-5-13-15(18-6-2)19-9-20-16(13)21-12-7-10(3)14(17)11(4)8-12/h7-9H,5-6H2,1-4H3,(H,18,19,20). The molecule has 0 unspecified atom stereocenters. The molecule has 0 saturated carbocycles. The van der Waals surface area contributed by atoms with Crippen molar-refractivity contribution in [1.82, 2.24) is 9.97 Å². The number of aromatic nitrogens is 2. The first-order valence-electron chi connectivity index (χ1n) is 7.09. The third kappa shape index (κ3) is 3.45. The molecule has 0 atom stereocenters. The Morgan fingerprint density at radius 3 is 2.38 bits per heavy atom. The molecular weight excluding hydrogens is 286 g/mol. The van der Waals surface area contributed by atoms with Crippen molar-refractivity contribution < 1.29 is 4.74 Å². The molecule has 1 aromatic heterocycles. The van der Waals surface area contributed by atoms with E-state index in [0.29, 0.717) is 5.88 Å². The molecule has 0 aliphatic heterocycles. The van der Waals surface area contributed by atoms with Crippen LogP contribution in [-0.4, -0.2) is 16.5 Å². The molecule has 0 saturated heterocycles. The zero-order valence-electron chi connectivity index (χ0n) is 12.8. The normalized spacial score (nSPS) is 10.5. The zero-order chi connectivity index (χ0) is 15.4. The van der Waals surface area contributed by atoms with Gasteiger partial charge in [-0.15, -0.1) is 0 Å². The molecule has 0 aliphatic rings. The molecule has 0 bridgehead atoms. The maximum absolute atomic E-state index is 6.19. The molecule has 0 amide bonds. The van der Waals surface area contributed by atoms with Gasteiger partial charge < -0.3 is 10.1 Å². The van der Waals surface area contributed by atoms with Crippen molar-refractivity contribution in [3.05, 3.63) is 40.2 Å². The Morgan fingerprint density at radius 1 is 1.14 bits per heavy atom. The van der Waals surface area contributed by atoms with Gasteiger partial charge in [0.1, 0.15) is 17.9 Å². The molecule has 1 N–H and O–H groups in total. The fourth-order valence-electron chi connectivity index (χ4n) is 2.20. The number of nitrogens with one attached hydrogen (secondary N) is 1. The minimum atomic E-state index is 0.588. The molecule has 0 aliphatic carbocycles. The van der Waals surface area contributed by atoms with E-state index in [-0.39, 0.29) is 0 Å². The van der Waals surface area contributed by atoms with Gasteiger partial charge in [0.15, 0.2) is 0 Å². The van der Waals surface area contributed by atoms with E-state index in [9.17, 15) is 0 Å². The summed E-state index contributed by atoms with van der Waals surface area (Å²) in [5.41, 5.74) is 2.96. The van der Waals surface area contributed by atoms with Crippen LogP contribution in [-0.2, 0) is 6.42 Å². The quantitative estimate of drug-likeness (QED) is 0.881. The van der Waals surface area contributed by atoms with Crippen LogP contribution in [0.15, 0.2) is 18.5 Å². The summed E-state index contributed by atoms with van der Waals surface area (Å²) < 4.78 is 5.95. The summed E-state index contributed by atoms with van der Waals surface area (Å²) in [7, 11) is 0. The molecule has 0 radical (unpaired) electrons. The van der Waals surface area contributed by atoms with Gasteiger partial charge in [-0.25, -0.2) is 9.97 Å².